The molecule has 0 saturated carbocycles. The maximum atomic E-state index is 12.2. The van der Waals surface area contributed by atoms with Gasteiger partial charge in [0.05, 0.1) is 24.7 Å². The second-order valence-corrected chi connectivity index (χ2v) is 5.31. The van der Waals surface area contributed by atoms with Crippen LogP contribution < -0.4 is 0 Å². The van der Waals surface area contributed by atoms with Gasteiger partial charge in [-0.2, -0.15) is 0 Å². The zero-order chi connectivity index (χ0) is 13.8. The van der Waals surface area contributed by atoms with Crippen LogP contribution in [0.5, 0.6) is 0 Å². The van der Waals surface area contributed by atoms with E-state index in [1.165, 1.54) is 0 Å². The number of nitrogens with zero attached hydrogens (tertiary/aromatic N) is 1. The van der Waals surface area contributed by atoms with E-state index in [0.29, 0.717) is 32.5 Å². The molecule has 0 bridgehead atoms. The van der Waals surface area contributed by atoms with Crippen molar-refractivity contribution < 1.29 is 24.2 Å². The first-order chi connectivity index (χ1) is 9.06. The second kappa shape index (κ2) is 6.34. The minimum atomic E-state index is -0.949. The lowest BCUT2D eigenvalue weighted by atomic mass is 10.0. The second-order valence-electron chi connectivity index (χ2n) is 5.31. The van der Waals surface area contributed by atoms with E-state index in [2.05, 4.69) is 0 Å². The molecule has 0 spiro atoms. The number of rotatable bonds is 4. The monoisotopic (exact) mass is 271 g/mol. The maximum Gasteiger partial charge on any atom is 0.329 e. The van der Waals surface area contributed by atoms with Gasteiger partial charge in [0.15, 0.2) is 0 Å². The van der Waals surface area contributed by atoms with Gasteiger partial charge in [0.25, 0.3) is 0 Å². The van der Waals surface area contributed by atoms with Crippen LogP contribution in [0, 0.1) is 5.92 Å². The van der Waals surface area contributed by atoms with E-state index in [1.807, 2.05) is 11.8 Å². The molecule has 0 aromatic carbocycles. The Hall–Kier alpha value is -1.14. The summed E-state index contributed by atoms with van der Waals surface area (Å²) in [6.45, 7) is 3.54. The minimum absolute atomic E-state index is 0.00788. The number of carboxylic acid groups (broad SMARTS) is 1. The molecule has 1 N–H and O–H groups in total. The summed E-state index contributed by atoms with van der Waals surface area (Å²) in [5, 5.41) is 8.55. The average Bonchev–Trinajstić information content (AvgIpc) is 2.83. The molecule has 2 atom stereocenters. The van der Waals surface area contributed by atoms with Crippen LogP contribution in [0.1, 0.15) is 26.2 Å². The average molecular weight is 271 g/mol. The quantitative estimate of drug-likeness (QED) is 0.806. The minimum Gasteiger partial charge on any atom is -0.480 e. The molecule has 2 heterocycles. The molecule has 2 saturated heterocycles. The fourth-order valence-electron chi connectivity index (χ4n) is 2.68. The lowest BCUT2D eigenvalue weighted by molar-refractivity contribution is -0.147. The Balaban J connectivity index is 1.73. The standard InChI is InChI=1S/C13H21NO5/c1-9-6-10(7-18-9)13(17)14-4-2-11(3-5-14)19-8-12(15)16/h9-11H,2-8H2,1H3,(H,15,16). The molecule has 0 aromatic heterocycles. The Labute approximate surface area is 112 Å². The number of carbonyl (C=O) groups is 2. The van der Waals surface area contributed by atoms with Crippen LogP contribution in [0.3, 0.4) is 0 Å². The number of likely N-dealkylation sites (tertiary alicyclic amines) is 1. The fourth-order valence-corrected chi connectivity index (χ4v) is 2.68. The van der Waals surface area contributed by atoms with Gasteiger partial charge in [-0.25, -0.2) is 4.79 Å². The normalized spacial score (nSPS) is 28.6. The van der Waals surface area contributed by atoms with Crippen molar-refractivity contribution in [2.24, 2.45) is 5.92 Å². The summed E-state index contributed by atoms with van der Waals surface area (Å²) in [6.07, 6.45) is 2.35. The summed E-state index contributed by atoms with van der Waals surface area (Å²) < 4.78 is 10.7. The highest BCUT2D eigenvalue weighted by Gasteiger charge is 2.33. The molecule has 1 amide bonds. The van der Waals surface area contributed by atoms with Crippen LogP contribution in [0.15, 0.2) is 0 Å². The Morgan fingerprint density at radius 3 is 2.58 bits per heavy atom. The summed E-state index contributed by atoms with van der Waals surface area (Å²) in [5.41, 5.74) is 0. The van der Waals surface area contributed by atoms with Gasteiger partial charge in [0.2, 0.25) is 5.91 Å². The Kier molecular flexibility index (Phi) is 4.76. The lowest BCUT2D eigenvalue weighted by Crippen LogP contribution is -2.44. The van der Waals surface area contributed by atoms with Crippen molar-refractivity contribution in [2.45, 2.75) is 38.4 Å². The number of carboxylic acids is 1. The number of hydrogen-bond donors (Lipinski definition) is 1. The molecule has 6 nitrogen and oxygen atoms in total. The van der Waals surface area contributed by atoms with Gasteiger partial charge in [0, 0.05) is 13.1 Å². The zero-order valence-corrected chi connectivity index (χ0v) is 11.2. The predicted molar refractivity (Wildman–Crippen MR) is 66.7 cm³/mol. The topological polar surface area (TPSA) is 76.1 Å². The molecule has 108 valence electrons. The highest BCUT2D eigenvalue weighted by Crippen LogP contribution is 2.23. The summed E-state index contributed by atoms with van der Waals surface area (Å²) in [5.74, 6) is -0.789. The highest BCUT2D eigenvalue weighted by atomic mass is 16.5. The van der Waals surface area contributed by atoms with E-state index < -0.39 is 5.97 Å². The van der Waals surface area contributed by atoms with Crippen molar-refractivity contribution in [2.75, 3.05) is 26.3 Å². The predicted octanol–water partition coefficient (Wildman–Crippen LogP) is 0.504. The van der Waals surface area contributed by atoms with E-state index >= 15 is 0 Å². The first-order valence-corrected chi connectivity index (χ1v) is 6.80. The summed E-state index contributed by atoms with van der Waals surface area (Å²) >= 11 is 0. The van der Waals surface area contributed by atoms with Crippen LogP contribution in [0.4, 0.5) is 0 Å². The molecular formula is C13H21NO5. The van der Waals surface area contributed by atoms with Crippen LogP contribution in [-0.2, 0) is 19.1 Å². The molecular weight excluding hydrogens is 250 g/mol. The molecule has 2 aliphatic rings. The number of hydrogen-bond acceptors (Lipinski definition) is 4. The smallest absolute Gasteiger partial charge is 0.329 e. The van der Waals surface area contributed by atoms with Gasteiger partial charge in [-0.1, -0.05) is 0 Å². The molecule has 0 radical (unpaired) electrons. The molecule has 2 aliphatic heterocycles. The molecule has 2 fully saturated rings. The third-order valence-corrected chi connectivity index (χ3v) is 3.74. The lowest BCUT2D eigenvalue weighted by Gasteiger charge is -2.33. The van der Waals surface area contributed by atoms with Gasteiger partial charge in [-0.3, -0.25) is 4.79 Å². The van der Waals surface area contributed by atoms with E-state index in [1.54, 1.807) is 0 Å². The Bertz CT molecular complexity index is 338. The van der Waals surface area contributed by atoms with Crippen molar-refractivity contribution in [1.29, 1.82) is 0 Å². The third-order valence-electron chi connectivity index (χ3n) is 3.74. The number of piperidine rings is 1. The molecule has 6 heteroatoms. The van der Waals surface area contributed by atoms with Crippen molar-refractivity contribution in [3.63, 3.8) is 0 Å². The van der Waals surface area contributed by atoms with E-state index in [4.69, 9.17) is 14.6 Å². The Morgan fingerprint density at radius 2 is 2.05 bits per heavy atom. The zero-order valence-electron chi connectivity index (χ0n) is 11.2. The number of ether oxygens (including phenoxy) is 2. The van der Waals surface area contributed by atoms with E-state index in [0.717, 1.165) is 6.42 Å². The van der Waals surface area contributed by atoms with Crippen LogP contribution >= 0.6 is 0 Å². The SMILES string of the molecule is CC1CC(C(=O)N2CCC(OCC(=O)O)CC2)CO1. The number of aliphatic carboxylic acids is 1. The van der Waals surface area contributed by atoms with Gasteiger partial charge >= 0.3 is 5.97 Å². The maximum absolute atomic E-state index is 12.2. The van der Waals surface area contributed by atoms with E-state index in [9.17, 15) is 9.59 Å². The van der Waals surface area contributed by atoms with E-state index in [-0.39, 0.29) is 30.6 Å². The summed E-state index contributed by atoms with van der Waals surface area (Å²) in [6, 6.07) is 0. The largest absolute Gasteiger partial charge is 0.480 e. The summed E-state index contributed by atoms with van der Waals surface area (Å²) in [4.78, 5) is 24.5. The molecule has 0 aromatic rings. The van der Waals surface area contributed by atoms with Crippen LogP contribution in [0.2, 0.25) is 0 Å². The highest BCUT2D eigenvalue weighted by molar-refractivity contribution is 5.79. The molecule has 19 heavy (non-hydrogen) atoms. The molecule has 0 aliphatic carbocycles. The van der Waals surface area contributed by atoms with Crippen molar-refractivity contribution in [1.82, 2.24) is 4.90 Å². The molecule has 2 unspecified atom stereocenters. The number of carbonyl (C=O) groups excluding carboxylic acids is 1. The van der Waals surface area contributed by atoms with Crippen LogP contribution in [0.25, 0.3) is 0 Å². The summed E-state index contributed by atoms with van der Waals surface area (Å²) in [7, 11) is 0. The van der Waals surface area contributed by atoms with Gasteiger partial charge < -0.3 is 19.5 Å². The Morgan fingerprint density at radius 1 is 1.37 bits per heavy atom. The first-order valence-electron chi connectivity index (χ1n) is 6.80. The van der Waals surface area contributed by atoms with Gasteiger partial charge in [-0.15, -0.1) is 0 Å². The third kappa shape index (κ3) is 3.91. The van der Waals surface area contributed by atoms with Crippen molar-refractivity contribution in [3.05, 3.63) is 0 Å². The van der Waals surface area contributed by atoms with Crippen molar-refractivity contribution in [3.8, 4) is 0 Å². The number of amides is 1. The van der Waals surface area contributed by atoms with Crippen molar-refractivity contribution >= 4 is 11.9 Å². The molecule has 2 rings (SSSR count). The van der Waals surface area contributed by atoms with Crippen LogP contribution in [-0.4, -0.2) is 60.4 Å². The first kappa shape index (κ1) is 14.3. The van der Waals surface area contributed by atoms with Gasteiger partial charge in [0.1, 0.15) is 6.61 Å². The fraction of sp³-hybridized carbons (Fsp3) is 0.846. The van der Waals surface area contributed by atoms with Gasteiger partial charge in [-0.05, 0) is 26.2 Å².